The van der Waals surface area contributed by atoms with Crippen molar-refractivity contribution in [2.24, 2.45) is 5.41 Å². The molecule has 18 heavy (non-hydrogen) atoms. The predicted molar refractivity (Wildman–Crippen MR) is 64.3 cm³/mol. The molecule has 0 aromatic carbocycles. The van der Waals surface area contributed by atoms with Crippen LogP contribution in [-0.4, -0.2) is 42.4 Å². The highest BCUT2D eigenvalue weighted by molar-refractivity contribution is 5.74. The fourth-order valence-electron chi connectivity index (χ4n) is 1.99. The van der Waals surface area contributed by atoms with Gasteiger partial charge >= 0.3 is 12.0 Å². The first-order valence-electron chi connectivity index (χ1n) is 6.38. The largest absolute Gasteiger partial charge is 0.479 e. The summed E-state index contributed by atoms with van der Waals surface area (Å²) in [5.74, 6) is -0.927. The molecule has 1 saturated heterocycles. The summed E-state index contributed by atoms with van der Waals surface area (Å²) in [6, 6.07) is -0.203. The molecule has 102 valence electrons. The number of hydrogen-bond donors (Lipinski definition) is 3. The Bertz CT molecular complexity index is 341. The zero-order valence-electron chi connectivity index (χ0n) is 10.6. The van der Waals surface area contributed by atoms with Gasteiger partial charge in [-0.3, -0.25) is 0 Å². The lowest BCUT2D eigenvalue weighted by Crippen LogP contribution is -2.41. The molecular formula is C12H20N2O4. The van der Waals surface area contributed by atoms with Gasteiger partial charge in [0.05, 0.1) is 6.10 Å². The second-order valence-corrected chi connectivity index (χ2v) is 5.54. The van der Waals surface area contributed by atoms with Crippen molar-refractivity contribution in [2.75, 3.05) is 13.1 Å². The Morgan fingerprint density at radius 2 is 2.06 bits per heavy atom. The van der Waals surface area contributed by atoms with Crippen molar-refractivity contribution in [3.8, 4) is 0 Å². The molecule has 1 saturated carbocycles. The van der Waals surface area contributed by atoms with E-state index in [2.05, 4.69) is 17.6 Å². The molecule has 1 aliphatic heterocycles. The molecule has 0 aromatic rings. The minimum atomic E-state index is -0.927. The minimum Gasteiger partial charge on any atom is -0.479 e. The molecule has 0 radical (unpaired) electrons. The van der Waals surface area contributed by atoms with Crippen LogP contribution in [0.5, 0.6) is 0 Å². The lowest BCUT2D eigenvalue weighted by Gasteiger charge is -2.14. The molecule has 0 spiro atoms. The van der Waals surface area contributed by atoms with Gasteiger partial charge in [-0.25, -0.2) is 9.59 Å². The van der Waals surface area contributed by atoms with Crippen molar-refractivity contribution in [1.29, 1.82) is 0 Å². The molecule has 3 N–H and O–H groups in total. The van der Waals surface area contributed by atoms with E-state index < -0.39 is 12.1 Å². The summed E-state index contributed by atoms with van der Waals surface area (Å²) in [6.45, 7) is 3.21. The van der Waals surface area contributed by atoms with Gasteiger partial charge in [0.25, 0.3) is 0 Å². The van der Waals surface area contributed by atoms with Crippen LogP contribution >= 0.6 is 0 Å². The monoisotopic (exact) mass is 256 g/mol. The van der Waals surface area contributed by atoms with Crippen molar-refractivity contribution in [2.45, 2.75) is 44.8 Å². The Balaban J connectivity index is 1.60. The van der Waals surface area contributed by atoms with Crippen LogP contribution in [0.15, 0.2) is 0 Å². The molecule has 0 bridgehead atoms. The Morgan fingerprint density at radius 3 is 2.61 bits per heavy atom. The number of hydrogen-bond acceptors (Lipinski definition) is 3. The van der Waals surface area contributed by atoms with Crippen molar-refractivity contribution < 1.29 is 19.4 Å². The number of rotatable bonds is 5. The van der Waals surface area contributed by atoms with Gasteiger partial charge in [-0.2, -0.15) is 0 Å². The highest BCUT2D eigenvalue weighted by Gasteiger charge is 2.37. The van der Waals surface area contributed by atoms with E-state index in [0.29, 0.717) is 25.9 Å². The highest BCUT2D eigenvalue weighted by Crippen LogP contribution is 2.43. The SMILES string of the molecule is CC1(CNC(=O)NCC2CCC(C(=O)O)O2)CC1. The third kappa shape index (κ3) is 3.60. The second-order valence-electron chi connectivity index (χ2n) is 5.54. The Labute approximate surface area is 106 Å². The number of urea groups is 1. The summed E-state index contributed by atoms with van der Waals surface area (Å²) < 4.78 is 5.29. The first-order chi connectivity index (χ1) is 8.48. The van der Waals surface area contributed by atoms with Gasteiger partial charge in [-0.05, 0) is 31.1 Å². The van der Waals surface area contributed by atoms with E-state index in [9.17, 15) is 9.59 Å². The van der Waals surface area contributed by atoms with Crippen LogP contribution in [0.4, 0.5) is 4.79 Å². The fourth-order valence-corrected chi connectivity index (χ4v) is 1.99. The molecule has 2 fully saturated rings. The van der Waals surface area contributed by atoms with Crippen LogP contribution in [0.2, 0.25) is 0 Å². The maximum Gasteiger partial charge on any atom is 0.332 e. The van der Waals surface area contributed by atoms with Crippen LogP contribution in [0.25, 0.3) is 0 Å². The van der Waals surface area contributed by atoms with E-state index in [-0.39, 0.29) is 17.6 Å². The lowest BCUT2D eigenvalue weighted by molar-refractivity contribution is -0.149. The zero-order valence-corrected chi connectivity index (χ0v) is 10.6. The van der Waals surface area contributed by atoms with E-state index in [0.717, 1.165) is 0 Å². The highest BCUT2D eigenvalue weighted by atomic mass is 16.5. The smallest absolute Gasteiger partial charge is 0.332 e. The van der Waals surface area contributed by atoms with Crippen LogP contribution < -0.4 is 10.6 Å². The maximum absolute atomic E-state index is 11.5. The van der Waals surface area contributed by atoms with E-state index in [1.807, 2.05) is 0 Å². The number of nitrogens with one attached hydrogen (secondary N) is 2. The summed E-state index contributed by atoms with van der Waals surface area (Å²) >= 11 is 0. The van der Waals surface area contributed by atoms with Crippen molar-refractivity contribution in [3.05, 3.63) is 0 Å². The van der Waals surface area contributed by atoms with Crippen LogP contribution in [0.3, 0.4) is 0 Å². The van der Waals surface area contributed by atoms with E-state index in [1.54, 1.807) is 0 Å². The fraction of sp³-hybridized carbons (Fsp3) is 0.833. The number of amides is 2. The third-order valence-corrected chi connectivity index (χ3v) is 3.65. The van der Waals surface area contributed by atoms with Gasteiger partial charge in [0.15, 0.2) is 6.10 Å². The van der Waals surface area contributed by atoms with Crippen molar-refractivity contribution in [1.82, 2.24) is 10.6 Å². The molecule has 2 atom stereocenters. The Hall–Kier alpha value is -1.30. The van der Waals surface area contributed by atoms with Crippen molar-refractivity contribution in [3.63, 3.8) is 0 Å². The summed E-state index contributed by atoms with van der Waals surface area (Å²) in [6.07, 6.45) is 2.62. The van der Waals surface area contributed by atoms with Gasteiger partial charge in [0.1, 0.15) is 0 Å². The summed E-state index contributed by atoms with van der Waals surface area (Å²) in [5.41, 5.74) is 0.287. The molecule has 6 nitrogen and oxygen atoms in total. The molecule has 1 aliphatic carbocycles. The first kappa shape index (κ1) is 13.1. The van der Waals surface area contributed by atoms with Gasteiger partial charge in [0.2, 0.25) is 0 Å². The molecular weight excluding hydrogens is 236 g/mol. The molecule has 2 amide bonds. The second kappa shape index (κ2) is 5.14. The summed E-state index contributed by atoms with van der Waals surface area (Å²) in [5, 5.41) is 14.3. The number of ether oxygens (including phenoxy) is 1. The van der Waals surface area contributed by atoms with E-state index in [1.165, 1.54) is 12.8 Å². The average molecular weight is 256 g/mol. The molecule has 0 aromatic heterocycles. The van der Waals surface area contributed by atoms with Crippen LogP contribution in [-0.2, 0) is 9.53 Å². The molecule has 2 rings (SSSR count). The first-order valence-corrected chi connectivity index (χ1v) is 6.38. The minimum absolute atomic E-state index is 0.187. The number of aliphatic carboxylic acids is 1. The third-order valence-electron chi connectivity index (χ3n) is 3.65. The Kier molecular flexibility index (Phi) is 3.75. The number of carbonyl (C=O) groups is 2. The van der Waals surface area contributed by atoms with E-state index in [4.69, 9.17) is 9.84 Å². The quantitative estimate of drug-likeness (QED) is 0.676. The number of carboxylic acids is 1. The zero-order chi connectivity index (χ0) is 13.2. The van der Waals surface area contributed by atoms with Gasteiger partial charge in [-0.1, -0.05) is 6.92 Å². The Morgan fingerprint density at radius 1 is 1.33 bits per heavy atom. The molecule has 6 heteroatoms. The predicted octanol–water partition coefficient (Wildman–Crippen LogP) is 0.718. The normalized spacial score (nSPS) is 28.7. The average Bonchev–Trinajstić information content (AvgIpc) is 2.89. The number of carboxylic acid groups (broad SMARTS) is 1. The number of carbonyl (C=O) groups excluding carboxylic acids is 1. The lowest BCUT2D eigenvalue weighted by atomic mass is 10.1. The summed E-state index contributed by atoms with van der Waals surface area (Å²) in [4.78, 5) is 22.2. The van der Waals surface area contributed by atoms with Gasteiger partial charge in [0, 0.05) is 13.1 Å². The van der Waals surface area contributed by atoms with Crippen LogP contribution in [0, 0.1) is 5.41 Å². The van der Waals surface area contributed by atoms with Gasteiger partial charge < -0.3 is 20.5 Å². The van der Waals surface area contributed by atoms with Gasteiger partial charge in [-0.15, -0.1) is 0 Å². The van der Waals surface area contributed by atoms with E-state index >= 15 is 0 Å². The maximum atomic E-state index is 11.5. The molecule has 2 unspecified atom stereocenters. The standard InChI is InChI=1S/C12H20N2O4/c1-12(4-5-12)7-14-11(17)13-6-8-2-3-9(18-8)10(15)16/h8-9H,2-7H2,1H3,(H,15,16)(H2,13,14,17). The molecule has 1 heterocycles. The van der Waals surface area contributed by atoms with Crippen LogP contribution in [0.1, 0.15) is 32.6 Å². The summed E-state index contributed by atoms with van der Waals surface area (Å²) in [7, 11) is 0. The molecule has 2 aliphatic rings. The van der Waals surface area contributed by atoms with Crippen molar-refractivity contribution >= 4 is 12.0 Å². The topological polar surface area (TPSA) is 87.7 Å².